The number of thiocarbonyl (C=S) groups is 1. The van der Waals surface area contributed by atoms with Crippen LogP contribution in [-0.2, 0) is 0 Å². The highest BCUT2D eigenvalue weighted by Crippen LogP contribution is 2.13. The van der Waals surface area contributed by atoms with Gasteiger partial charge in [0.2, 0.25) is 0 Å². The number of nitrogens with zero attached hydrogens (tertiary/aromatic N) is 1. The molecule has 0 atom stereocenters. The molecule has 16 heavy (non-hydrogen) atoms. The summed E-state index contributed by atoms with van der Waals surface area (Å²) >= 11 is 6.52. The molecule has 0 aliphatic heterocycles. The zero-order valence-electron chi connectivity index (χ0n) is 7.98. The molecule has 1 rings (SSSR count). The maximum atomic E-state index is 10.8. The van der Waals surface area contributed by atoms with Crippen LogP contribution < -0.4 is 11.2 Å². The fraction of sp³-hybridized carbons (Fsp3) is 0. The SMILES string of the molecule is NC(=S)NN=Cc1ccc(C(=O)O)c(I)c1. The Morgan fingerprint density at radius 1 is 1.62 bits per heavy atom. The average molecular weight is 349 g/mol. The number of hydrogen-bond acceptors (Lipinski definition) is 3. The van der Waals surface area contributed by atoms with Crippen molar-refractivity contribution in [2.45, 2.75) is 0 Å². The van der Waals surface area contributed by atoms with E-state index in [0.29, 0.717) is 3.57 Å². The molecule has 0 spiro atoms. The van der Waals surface area contributed by atoms with Gasteiger partial charge in [-0.2, -0.15) is 5.10 Å². The first-order chi connectivity index (χ1) is 7.50. The van der Waals surface area contributed by atoms with Crippen molar-refractivity contribution in [3.05, 3.63) is 32.9 Å². The summed E-state index contributed by atoms with van der Waals surface area (Å²) in [5.74, 6) is -0.950. The van der Waals surface area contributed by atoms with Gasteiger partial charge in [-0.1, -0.05) is 6.07 Å². The van der Waals surface area contributed by atoms with Crippen molar-refractivity contribution >= 4 is 52.1 Å². The van der Waals surface area contributed by atoms with Crippen LogP contribution in [0.5, 0.6) is 0 Å². The van der Waals surface area contributed by atoms with Crippen LogP contribution in [0.1, 0.15) is 15.9 Å². The molecular formula is C9H8IN3O2S. The molecule has 0 saturated heterocycles. The monoisotopic (exact) mass is 349 g/mol. The van der Waals surface area contributed by atoms with Crippen molar-refractivity contribution in [2.75, 3.05) is 0 Å². The Kier molecular flexibility index (Phi) is 4.62. The fourth-order valence-electron chi connectivity index (χ4n) is 0.956. The van der Waals surface area contributed by atoms with E-state index in [9.17, 15) is 4.79 Å². The second-order valence-electron chi connectivity index (χ2n) is 2.78. The molecule has 0 aromatic heterocycles. The fourth-order valence-corrected chi connectivity index (χ4v) is 1.78. The van der Waals surface area contributed by atoms with Crippen LogP contribution in [0.3, 0.4) is 0 Å². The molecule has 1 aromatic carbocycles. The van der Waals surface area contributed by atoms with Crippen LogP contribution in [-0.4, -0.2) is 22.4 Å². The van der Waals surface area contributed by atoms with Crippen LogP contribution in [0.15, 0.2) is 23.3 Å². The topological polar surface area (TPSA) is 87.7 Å². The average Bonchev–Trinajstić information content (AvgIpc) is 2.16. The van der Waals surface area contributed by atoms with Crippen molar-refractivity contribution in [3.8, 4) is 0 Å². The molecule has 0 radical (unpaired) electrons. The summed E-state index contributed by atoms with van der Waals surface area (Å²) < 4.78 is 0.643. The van der Waals surface area contributed by atoms with Crippen LogP contribution in [0.25, 0.3) is 0 Å². The van der Waals surface area contributed by atoms with Crippen molar-refractivity contribution in [2.24, 2.45) is 10.8 Å². The Labute approximate surface area is 111 Å². The predicted octanol–water partition coefficient (Wildman–Crippen LogP) is 1.16. The van der Waals surface area contributed by atoms with Gasteiger partial charge in [-0.15, -0.1) is 0 Å². The molecule has 0 unspecified atom stereocenters. The number of carbonyl (C=O) groups is 1. The highest BCUT2D eigenvalue weighted by Gasteiger charge is 2.07. The summed E-state index contributed by atoms with van der Waals surface area (Å²) in [5.41, 5.74) is 8.61. The predicted molar refractivity (Wildman–Crippen MR) is 73.6 cm³/mol. The Balaban J connectivity index is 2.85. The Hall–Kier alpha value is -1.22. The number of nitrogens with two attached hydrogens (primary N) is 1. The smallest absolute Gasteiger partial charge is 0.336 e. The first-order valence-electron chi connectivity index (χ1n) is 4.12. The molecule has 0 amide bonds. The molecule has 0 saturated carbocycles. The van der Waals surface area contributed by atoms with Crippen LogP contribution in [0, 0.1) is 3.57 Å². The van der Waals surface area contributed by atoms with Gasteiger partial charge in [0.05, 0.1) is 11.8 Å². The minimum absolute atomic E-state index is 0.0769. The van der Waals surface area contributed by atoms with E-state index in [2.05, 4.69) is 22.7 Å². The van der Waals surface area contributed by atoms with E-state index >= 15 is 0 Å². The maximum absolute atomic E-state index is 10.8. The first-order valence-corrected chi connectivity index (χ1v) is 5.61. The zero-order chi connectivity index (χ0) is 12.1. The lowest BCUT2D eigenvalue weighted by Gasteiger charge is -2.00. The van der Waals surface area contributed by atoms with E-state index in [1.165, 1.54) is 12.3 Å². The Bertz CT molecular complexity index is 462. The molecule has 0 bridgehead atoms. The number of aromatic carboxylic acids is 1. The number of halogens is 1. The number of rotatable bonds is 3. The second-order valence-corrected chi connectivity index (χ2v) is 4.38. The molecule has 84 valence electrons. The molecule has 1 aromatic rings. The summed E-state index contributed by atoms with van der Waals surface area (Å²) in [4.78, 5) is 10.8. The zero-order valence-corrected chi connectivity index (χ0v) is 10.9. The molecule has 7 heteroatoms. The van der Waals surface area contributed by atoms with Crippen molar-refractivity contribution in [1.82, 2.24) is 5.43 Å². The van der Waals surface area contributed by atoms with Crippen molar-refractivity contribution < 1.29 is 9.90 Å². The third-order valence-electron chi connectivity index (χ3n) is 1.61. The highest BCUT2D eigenvalue weighted by atomic mass is 127. The van der Waals surface area contributed by atoms with Gasteiger partial charge in [-0.3, -0.25) is 5.43 Å². The number of carboxylic acids is 1. The van der Waals surface area contributed by atoms with E-state index in [1.807, 2.05) is 22.6 Å². The molecule has 0 aliphatic rings. The van der Waals surface area contributed by atoms with Crippen molar-refractivity contribution in [1.29, 1.82) is 0 Å². The standard InChI is InChI=1S/C9H8IN3O2S/c10-7-3-5(4-12-13-9(11)16)1-2-6(7)8(14)15/h1-4H,(H,14,15)(H3,11,13,16). The number of hydrogen-bond donors (Lipinski definition) is 3. The molecule has 0 aliphatic carbocycles. The van der Waals surface area contributed by atoms with E-state index in [0.717, 1.165) is 5.56 Å². The van der Waals surface area contributed by atoms with Gasteiger partial charge in [0.1, 0.15) is 0 Å². The minimum Gasteiger partial charge on any atom is -0.478 e. The number of carboxylic acid groups (broad SMARTS) is 1. The van der Waals surface area contributed by atoms with E-state index < -0.39 is 5.97 Å². The quantitative estimate of drug-likeness (QED) is 0.330. The number of benzene rings is 1. The van der Waals surface area contributed by atoms with Crippen LogP contribution in [0.2, 0.25) is 0 Å². The molecule has 0 fully saturated rings. The van der Waals surface area contributed by atoms with Gasteiger partial charge in [0.25, 0.3) is 0 Å². The maximum Gasteiger partial charge on any atom is 0.336 e. The summed E-state index contributed by atoms with van der Waals surface area (Å²) in [5, 5.41) is 12.7. The van der Waals surface area contributed by atoms with Crippen LogP contribution >= 0.6 is 34.8 Å². The summed E-state index contributed by atoms with van der Waals surface area (Å²) in [6.45, 7) is 0. The number of nitrogens with one attached hydrogen (secondary N) is 1. The number of hydrazone groups is 1. The summed E-state index contributed by atoms with van der Waals surface area (Å²) in [6.07, 6.45) is 1.51. The van der Waals surface area contributed by atoms with Gasteiger partial charge in [-0.25, -0.2) is 4.79 Å². The van der Waals surface area contributed by atoms with Gasteiger partial charge >= 0.3 is 5.97 Å². The Morgan fingerprint density at radius 3 is 2.81 bits per heavy atom. The van der Waals surface area contributed by atoms with Crippen molar-refractivity contribution in [3.63, 3.8) is 0 Å². The minimum atomic E-state index is -0.950. The largest absolute Gasteiger partial charge is 0.478 e. The lowest BCUT2D eigenvalue weighted by atomic mass is 10.1. The second kappa shape index (κ2) is 5.75. The highest BCUT2D eigenvalue weighted by molar-refractivity contribution is 14.1. The van der Waals surface area contributed by atoms with Gasteiger partial charge in [-0.05, 0) is 52.5 Å². The van der Waals surface area contributed by atoms with Gasteiger partial charge in [0, 0.05) is 3.57 Å². The van der Waals surface area contributed by atoms with Gasteiger partial charge < -0.3 is 10.8 Å². The third kappa shape index (κ3) is 3.74. The van der Waals surface area contributed by atoms with E-state index in [4.69, 9.17) is 10.8 Å². The van der Waals surface area contributed by atoms with E-state index in [-0.39, 0.29) is 10.7 Å². The molecule has 0 heterocycles. The lowest BCUT2D eigenvalue weighted by Crippen LogP contribution is -2.24. The first kappa shape index (κ1) is 12.8. The normalized spacial score (nSPS) is 10.3. The molecule has 5 nitrogen and oxygen atoms in total. The third-order valence-corrected chi connectivity index (χ3v) is 2.60. The summed E-state index contributed by atoms with van der Waals surface area (Å²) in [6, 6.07) is 4.87. The Morgan fingerprint density at radius 2 is 2.31 bits per heavy atom. The van der Waals surface area contributed by atoms with E-state index in [1.54, 1.807) is 12.1 Å². The lowest BCUT2D eigenvalue weighted by molar-refractivity contribution is 0.0696. The molecule has 4 N–H and O–H groups in total. The van der Waals surface area contributed by atoms with Crippen LogP contribution in [0.4, 0.5) is 0 Å². The summed E-state index contributed by atoms with van der Waals surface area (Å²) in [7, 11) is 0. The van der Waals surface area contributed by atoms with Gasteiger partial charge in [0.15, 0.2) is 5.11 Å². The molecular weight excluding hydrogens is 341 g/mol.